The van der Waals surface area contributed by atoms with Gasteiger partial charge in [-0.05, 0) is 10.8 Å². The molecule has 0 radical (unpaired) electrons. The van der Waals surface area contributed by atoms with Crippen LogP contribution >= 0.6 is 0 Å². The second-order valence-corrected chi connectivity index (χ2v) is 9.46. The molecule has 3 aromatic carbocycles. The van der Waals surface area contributed by atoms with Crippen molar-refractivity contribution in [2.45, 2.75) is 70.2 Å². The minimum atomic E-state index is 0. The van der Waals surface area contributed by atoms with Crippen LogP contribution in [0, 0.1) is 10.8 Å². The summed E-state index contributed by atoms with van der Waals surface area (Å²) in [7, 11) is 2.00. The Hall–Kier alpha value is -2.42. The van der Waals surface area contributed by atoms with Crippen LogP contribution in [0.5, 0.6) is 0 Å². The molecular weight excluding hydrogens is 416 g/mol. The second-order valence-electron chi connectivity index (χ2n) is 9.46. The number of aliphatic hydroxyl groups excluding tert-OH is 2. The van der Waals surface area contributed by atoms with Gasteiger partial charge in [-0.15, -0.1) is 0 Å². The summed E-state index contributed by atoms with van der Waals surface area (Å²) in [4.78, 5) is 0. The van der Waals surface area contributed by atoms with E-state index in [-0.39, 0.29) is 14.9 Å². The molecule has 3 rings (SSSR count). The maximum Gasteiger partial charge on any atom is 0.0319 e. The standard InChI is InChI=1S/3C6H6.2C5H12.2CH4O.2CH4/c3*1-2-4-6-5-3-1;2*1-5(2,3)4;2*1-2;;/h3*1-6H;2*1-4H3;2*2H,1H3;2*1H4. The molecular formula is C32H58O2. The topological polar surface area (TPSA) is 40.5 Å². The Balaban J connectivity index is -0.0000000687. The number of hydrogen-bond donors (Lipinski definition) is 2. The van der Waals surface area contributed by atoms with E-state index in [2.05, 4.69) is 55.4 Å². The maximum absolute atomic E-state index is 7.00. The van der Waals surface area contributed by atoms with E-state index < -0.39 is 0 Å². The van der Waals surface area contributed by atoms with Crippen molar-refractivity contribution in [3.8, 4) is 0 Å². The highest BCUT2D eigenvalue weighted by atomic mass is 16.2. The van der Waals surface area contributed by atoms with Gasteiger partial charge in [0.1, 0.15) is 0 Å². The average Bonchev–Trinajstić information content (AvgIpc) is 2.79. The Kier molecular flexibility index (Phi) is 46.7. The summed E-state index contributed by atoms with van der Waals surface area (Å²) in [5.41, 5.74) is 1.00. The normalized spacial score (nSPS) is 8.12. The van der Waals surface area contributed by atoms with Gasteiger partial charge in [-0.25, -0.2) is 0 Å². The lowest BCUT2D eigenvalue weighted by Gasteiger charge is -2.05. The summed E-state index contributed by atoms with van der Waals surface area (Å²) in [5, 5.41) is 14.0. The van der Waals surface area contributed by atoms with Gasteiger partial charge < -0.3 is 10.2 Å². The molecule has 0 aliphatic heterocycles. The van der Waals surface area contributed by atoms with Crippen molar-refractivity contribution in [1.29, 1.82) is 0 Å². The molecule has 0 atom stereocenters. The first-order valence-corrected chi connectivity index (χ1v) is 10.9. The highest BCUT2D eigenvalue weighted by Crippen LogP contribution is 2.08. The van der Waals surface area contributed by atoms with Crippen molar-refractivity contribution >= 4 is 0 Å². The van der Waals surface area contributed by atoms with E-state index >= 15 is 0 Å². The van der Waals surface area contributed by atoms with Crippen LogP contribution < -0.4 is 0 Å². The second kappa shape index (κ2) is 35.2. The van der Waals surface area contributed by atoms with Gasteiger partial charge >= 0.3 is 0 Å². The number of aliphatic hydroxyl groups is 2. The summed E-state index contributed by atoms with van der Waals surface area (Å²) in [6, 6.07) is 36.0. The highest BCUT2D eigenvalue weighted by molar-refractivity contribution is 5.00. The van der Waals surface area contributed by atoms with Crippen molar-refractivity contribution in [2.24, 2.45) is 10.8 Å². The molecule has 34 heavy (non-hydrogen) atoms. The summed E-state index contributed by atoms with van der Waals surface area (Å²) >= 11 is 0. The van der Waals surface area contributed by atoms with Gasteiger partial charge in [0.05, 0.1) is 0 Å². The van der Waals surface area contributed by atoms with Crippen LogP contribution in [0.2, 0.25) is 0 Å². The molecule has 0 bridgehead atoms. The largest absolute Gasteiger partial charge is 0.400 e. The summed E-state index contributed by atoms with van der Waals surface area (Å²) < 4.78 is 0. The van der Waals surface area contributed by atoms with Crippen molar-refractivity contribution in [1.82, 2.24) is 0 Å². The molecule has 0 aliphatic carbocycles. The van der Waals surface area contributed by atoms with Gasteiger partial charge in [-0.3, -0.25) is 0 Å². The Morgan fingerprint density at radius 1 is 0.265 bits per heavy atom. The van der Waals surface area contributed by atoms with Gasteiger partial charge in [0.15, 0.2) is 0 Å². The first-order valence-electron chi connectivity index (χ1n) is 10.9. The lowest BCUT2D eigenvalue weighted by Crippen LogP contribution is -1.93. The summed E-state index contributed by atoms with van der Waals surface area (Å²) in [5.74, 6) is 0. The zero-order valence-electron chi connectivity index (χ0n) is 22.3. The van der Waals surface area contributed by atoms with E-state index in [0.717, 1.165) is 14.2 Å². The summed E-state index contributed by atoms with van der Waals surface area (Å²) in [6.07, 6.45) is 0. The van der Waals surface area contributed by atoms with Gasteiger partial charge in [-0.1, -0.05) is 179 Å². The first kappa shape index (κ1) is 45.1. The Morgan fingerprint density at radius 3 is 0.324 bits per heavy atom. The van der Waals surface area contributed by atoms with Crippen LogP contribution in [0.15, 0.2) is 109 Å². The van der Waals surface area contributed by atoms with Gasteiger partial charge in [0, 0.05) is 14.2 Å². The molecule has 2 N–H and O–H groups in total. The van der Waals surface area contributed by atoms with Gasteiger partial charge in [0.25, 0.3) is 0 Å². The van der Waals surface area contributed by atoms with E-state index in [0.29, 0.717) is 10.8 Å². The molecule has 2 heteroatoms. The van der Waals surface area contributed by atoms with Crippen molar-refractivity contribution in [3.05, 3.63) is 109 Å². The first-order chi connectivity index (χ1) is 15.0. The predicted octanol–water partition coefficient (Wildman–Crippen LogP) is 9.65. The highest BCUT2D eigenvalue weighted by Gasteiger charge is 1.96. The Labute approximate surface area is 214 Å². The van der Waals surface area contributed by atoms with Crippen LogP contribution in [0.4, 0.5) is 0 Å². The fourth-order valence-electron chi connectivity index (χ4n) is 1.15. The zero-order valence-corrected chi connectivity index (χ0v) is 22.3. The third kappa shape index (κ3) is 99.5. The van der Waals surface area contributed by atoms with Crippen LogP contribution in [0.3, 0.4) is 0 Å². The van der Waals surface area contributed by atoms with Gasteiger partial charge in [0.2, 0.25) is 0 Å². The average molecular weight is 475 g/mol. The molecule has 0 spiro atoms. The van der Waals surface area contributed by atoms with Crippen molar-refractivity contribution in [3.63, 3.8) is 0 Å². The number of benzene rings is 3. The molecule has 0 heterocycles. The van der Waals surface area contributed by atoms with Crippen molar-refractivity contribution < 1.29 is 10.2 Å². The number of rotatable bonds is 0. The summed E-state index contributed by atoms with van der Waals surface area (Å²) in [6.45, 7) is 17.5. The van der Waals surface area contributed by atoms with Gasteiger partial charge in [-0.2, -0.15) is 0 Å². The molecule has 0 fully saturated rings. The lowest BCUT2D eigenvalue weighted by atomic mass is 10.0. The SMILES string of the molecule is C.C.CC(C)(C)C.CC(C)(C)C.CO.CO.c1ccccc1.c1ccccc1.c1ccccc1. The molecule has 0 unspecified atom stereocenters. The third-order valence-corrected chi connectivity index (χ3v) is 2.00. The van der Waals surface area contributed by atoms with E-state index in [4.69, 9.17) is 10.2 Å². The van der Waals surface area contributed by atoms with Crippen LogP contribution in [0.1, 0.15) is 70.2 Å². The predicted molar refractivity (Wildman–Crippen MR) is 159 cm³/mol. The van der Waals surface area contributed by atoms with Crippen LogP contribution in [-0.2, 0) is 0 Å². The van der Waals surface area contributed by atoms with Crippen molar-refractivity contribution in [2.75, 3.05) is 14.2 Å². The van der Waals surface area contributed by atoms with E-state index in [9.17, 15) is 0 Å². The molecule has 0 saturated heterocycles. The lowest BCUT2D eigenvalue weighted by molar-refractivity contribution is 0.399. The Morgan fingerprint density at radius 2 is 0.294 bits per heavy atom. The monoisotopic (exact) mass is 474 g/mol. The third-order valence-electron chi connectivity index (χ3n) is 2.00. The Bertz CT molecular complexity index is 431. The minimum Gasteiger partial charge on any atom is -0.400 e. The van der Waals surface area contributed by atoms with Crippen LogP contribution in [0.25, 0.3) is 0 Å². The smallest absolute Gasteiger partial charge is 0.0319 e. The maximum atomic E-state index is 7.00. The van der Waals surface area contributed by atoms with E-state index in [1.165, 1.54) is 0 Å². The molecule has 198 valence electrons. The minimum absolute atomic E-state index is 0. The molecule has 0 aromatic heterocycles. The molecule has 3 aromatic rings. The van der Waals surface area contributed by atoms with Crippen LogP contribution in [-0.4, -0.2) is 24.4 Å². The molecule has 0 aliphatic rings. The fraction of sp³-hybridized carbons (Fsp3) is 0.438. The van der Waals surface area contributed by atoms with E-state index in [1.54, 1.807) is 0 Å². The van der Waals surface area contributed by atoms with E-state index in [1.807, 2.05) is 109 Å². The number of hydrogen-bond acceptors (Lipinski definition) is 2. The fourth-order valence-corrected chi connectivity index (χ4v) is 1.15. The zero-order chi connectivity index (χ0) is 25.7. The molecule has 2 nitrogen and oxygen atoms in total. The quantitative estimate of drug-likeness (QED) is 0.340. The molecule has 0 saturated carbocycles. The molecule has 0 amide bonds.